The largest absolute Gasteiger partial charge is 0.392 e. The highest BCUT2D eigenvalue weighted by Gasteiger charge is 2.13. The molecule has 1 atom stereocenters. The molecule has 2 nitrogen and oxygen atoms in total. The summed E-state index contributed by atoms with van der Waals surface area (Å²) in [5, 5.41) is 13.0. The lowest BCUT2D eigenvalue weighted by molar-refractivity contribution is 0.123. The second-order valence-electron chi connectivity index (χ2n) is 5.31. The van der Waals surface area contributed by atoms with Gasteiger partial charge in [0.05, 0.1) is 6.10 Å². The fraction of sp³-hybridized carbons (Fsp3) is 1.00. The number of hydrogen-bond donors (Lipinski definition) is 2. The second kappa shape index (κ2) is 7.24. The smallest absolute Gasteiger partial charge is 0.0687 e. The molecule has 0 aromatic carbocycles. The second-order valence-corrected chi connectivity index (χ2v) is 5.31. The third-order valence-electron chi connectivity index (χ3n) is 3.58. The molecule has 1 fully saturated rings. The molecule has 0 saturated heterocycles. The number of hydrogen-bond acceptors (Lipinski definition) is 2. The summed E-state index contributed by atoms with van der Waals surface area (Å²) in [5.41, 5.74) is 0. The molecule has 0 aromatic heterocycles. The SMILES string of the molecule is CC(C)C(O)CNCCC1CCCCC1. The Labute approximate surface area is 94.5 Å². The molecule has 1 aliphatic rings. The first-order valence-corrected chi connectivity index (χ1v) is 6.59. The maximum atomic E-state index is 9.60. The molecule has 2 N–H and O–H groups in total. The van der Waals surface area contributed by atoms with E-state index in [1.54, 1.807) is 0 Å². The zero-order chi connectivity index (χ0) is 11.1. The van der Waals surface area contributed by atoms with E-state index in [9.17, 15) is 5.11 Å². The van der Waals surface area contributed by atoms with Crippen LogP contribution in [-0.4, -0.2) is 24.3 Å². The number of aliphatic hydroxyl groups excluding tert-OH is 1. The van der Waals surface area contributed by atoms with Crippen LogP contribution in [0.4, 0.5) is 0 Å². The molecular weight excluding hydrogens is 186 g/mol. The van der Waals surface area contributed by atoms with E-state index in [1.165, 1.54) is 38.5 Å². The minimum atomic E-state index is -0.184. The molecule has 1 rings (SSSR count). The molecule has 0 heterocycles. The maximum absolute atomic E-state index is 9.60. The van der Waals surface area contributed by atoms with E-state index >= 15 is 0 Å². The predicted octanol–water partition coefficient (Wildman–Crippen LogP) is 2.56. The summed E-state index contributed by atoms with van der Waals surface area (Å²) in [7, 11) is 0. The van der Waals surface area contributed by atoms with Crippen molar-refractivity contribution in [1.82, 2.24) is 5.32 Å². The standard InChI is InChI=1S/C13H27NO/c1-11(2)13(15)10-14-9-8-12-6-4-3-5-7-12/h11-15H,3-10H2,1-2H3. The van der Waals surface area contributed by atoms with Gasteiger partial charge in [-0.2, -0.15) is 0 Å². The van der Waals surface area contributed by atoms with E-state index in [1.807, 2.05) is 0 Å². The minimum absolute atomic E-state index is 0.184. The Kier molecular flexibility index (Phi) is 6.26. The summed E-state index contributed by atoms with van der Waals surface area (Å²) in [6.45, 7) is 5.96. The van der Waals surface area contributed by atoms with Crippen LogP contribution in [0.3, 0.4) is 0 Å². The average molecular weight is 213 g/mol. The lowest BCUT2D eigenvalue weighted by atomic mass is 9.87. The van der Waals surface area contributed by atoms with Gasteiger partial charge in [0.15, 0.2) is 0 Å². The molecule has 15 heavy (non-hydrogen) atoms. The molecule has 0 aliphatic heterocycles. The van der Waals surface area contributed by atoms with Crippen molar-refractivity contribution in [3.05, 3.63) is 0 Å². The maximum Gasteiger partial charge on any atom is 0.0687 e. The highest BCUT2D eigenvalue weighted by Crippen LogP contribution is 2.25. The molecule has 1 aliphatic carbocycles. The quantitative estimate of drug-likeness (QED) is 0.665. The van der Waals surface area contributed by atoms with Crippen molar-refractivity contribution in [3.63, 3.8) is 0 Å². The molecular formula is C13H27NO. The third-order valence-corrected chi connectivity index (χ3v) is 3.58. The fourth-order valence-electron chi connectivity index (χ4n) is 2.27. The van der Waals surface area contributed by atoms with Gasteiger partial charge in [-0.15, -0.1) is 0 Å². The van der Waals surface area contributed by atoms with E-state index in [4.69, 9.17) is 0 Å². The van der Waals surface area contributed by atoms with Crippen LogP contribution in [0.25, 0.3) is 0 Å². The van der Waals surface area contributed by atoms with Gasteiger partial charge in [-0.1, -0.05) is 46.0 Å². The van der Waals surface area contributed by atoms with Crippen LogP contribution in [0.5, 0.6) is 0 Å². The Balaban J connectivity index is 1.96. The first-order chi connectivity index (χ1) is 7.20. The Morgan fingerprint density at radius 2 is 1.87 bits per heavy atom. The highest BCUT2D eigenvalue weighted by atomic mass is 16.3. The molecule has 2 heteroatoms. The molecule has 0 amide bonds. The van der Waals surface area contributed by atoms with Crippen molar-refractivity contribution in [1.29, 1.82) is 0 Å². The van der Waals surface area contributed by atoms with Gasteiger partial charge in [-0.3, -0.25) is 0 Å². The van der Waals surface area contributed by atoms with Crippen molar-refractivity contribution in [2.24, 2.45) is 11.8 Å². The van der Waals surface area contributed by atoms with Gasteiger partial charge < -0.3 is 10.4 Å². The molecule has 0 aromatic rings. The molecule has 0 bridgehead atoms. The molecule has 1 saturated carbocycles. The first-order valence-electron chi connectivity index (χ1n) is 6.59. The minimum Gasteiger partial charge on any atom is -0.392 e. The van der Waals surface area contributed by atoms with E-state index in [2.05, 4.69) is 19.2 Å². The number of nitrogens with one attached hydrogen (secondary N) is 1. The molecule has 90 valence electrons. The van der Waals surface area contributed by atoms with Crippen LogP contribution >= 0.6 is 0 Å². The highest BCUT2D eigenvalue weighted by molar-refractivity contribution is 4.68. The summed E-state index contributed by atoms with van der Waals surface area (Å²) in [5.74, 6) is 1.31. The molecule has 0 radical (unpaired) electrons. The summed E-state index contributed by atoms with van der Waals surface area (Å²) in [6.07, 6.45) is 8.26. The van der Waals surface area contributed by atoms with Crippen molar-refractivity contribution < 1.29 is 5.11 Å². The first kappa shape index (κ1) is 13.0. The zero-order valence-electron chi connectivity index (χ0n) is 10.3. The molecule has 0 spiro atoms. The number of aliphatic hydroxyl groups is 1. The van der Waals surface area contributed by atoms with Gasteiger partial charge in [-0.05, 0) is 24.8 Å². The number of rotatable bonds is 6. The van der Waals surface area contributed by atoms with Crippen LogP contribution in [0.2, 0.25) is 0 Å². The van der Waals surface area contributed by atoms with Crippen molar-refractivity contribution in [2.75, 3.05) is 13.1 Å². The predicted molar refractivity (Wildman–Crippen MR) is 64.9 cm³/mol. The zero-order valence-corrected chi connectivity index (χ0v) is 10.3. The van der Waals surface area contributed by atoms with Crippen LogP contribution in [0.15, 0.2) is 0 Å². The van der Waals surface area contributed by atoms with Crippen molar-refractivity contribution in [2.45, 2.75) is 58.5 Å². The lowest BCUT2D eigenvalue weighted by Crippen LogP contribution is -2.31. The average Bonchev–Trinajstić information content (AvgIpc) is 2.25. The van der Waals surface area contributed by atoms with E-state index in [-0.39, 0.29) is 6.10 Å². The van der Waals surface area contributed by atoms with Crippen LogP contribution < -0.4 is 5.32 Å². The van der Waals surface area contributed by atoms with Crippen molar-refractivity contribution >= 4 is 0 Å². The Bertz CT molecular complexity index is 153. The van der Waals surface area contributed by atoms with Gasteiger partial charge in [-0.25, -0.2) is 0 Å². The summed E-state index contributed by atoms with van der Waals surface area (Å²) >= 11 is 0. The Morgan fingerprint density at radius 1 is 1.20 bits per heavy atom. The van der Waals surface area contributed by atoms with Gasteiger partial charge >= 0.3 is 0 Å². The monoisotopic (exact) mass is 213 g/mol. The van der Waals surface area contributed by atoms with E-state index < -0.39 is 0 Å². The van der Waals surface area contributed by atoms with Crippen molar-refractivity contribution in [3.8, 4) is 0 Å². The van der Waals surface area contributed by atoms with E-state index in [0.29, 0.717) is 5.92 Å². The fourth-order valence-corrected chi connectivity index (χ4v) is 2.27. The Morgan fingerprint density at radius 3 is 2.47 bits per heavy atom. The van der Waals surface area contributed by atoms with Crippen LogP contribution in [-0.2, 0) is 0 Å². The van der Waals surface area contributed by atoms with Gasteiger partial charge in [0, 0.05) is 6.54 Å². The normalized spacial score (nSPS) is 20.8. The lowest BCUT2D eigenvalue weighted by Gasteiger charge is -2.22. The van der Waals surface area contributed by atoms with Gasteiger partial charge in [0.2, 0.25) is 0 Å². The molecule has 1 unspecified atom stereocenters. The van der Waals surface area contributed by atoms with Gasteiger partial charge in [0.1, 0.15) is 0 Å². The summed E-state index contributed by atoms with van der Waals surface area (Å²) in [4.78, 5) is 0. The van der Waals surface area contributed by atoms with Crippen LogP contribution in [0.1, 0.15) is 52.4 Å². The van der Waals surface area contributed by atoms with E-state index in [0.717, 1.165) is 19.0 Å². The third kappa shape index (κ3) is 5.53. The Hall–Kier alpha value is -0.0800. The summed E-state index contributed by atoms with van der Waals surface area (Å²) in [6, 6.07) is 0. The van der Waals surface area contributed by atoms with Crippen LogP contribution in [0, 0.1) is 11.8 Å². The topological polar surface area (TPSA) is 32.3 Å². The van der Waals surface area contributed by atoms with Gasteiger partial charge in [0.25, 0.3) is 0 Å². The summed E-state index contributed by atoms with van der Waals surface area (Å²) < 4.78 is 0.